The first-order chi connectivity index (χ1) is 14.3. The van der Waals surface area contributed by atoms with E-state index in [9.17, 15) is 0 Å². The first-order valence-corrected chi connectivity index (χ1v) is 9.62. The highest BCUT2D eigenvalue weighted by atomic mass is 15.1. The second-order valence-electron chi connectivity index (χ2n) is 6.62. The molecular weight excluding hydrogens is 358 g/mol. The normalized spacial score (nSPS) is 10.3. The Morgan fingerprint density at radius 2 is 0.862 bits per heavy atom. The van der Waals surface area contributed by atoms with Crippen molar-refractivity contribution < 1.29 is 0 Å². The highest BCUT2D eigenvalue weighted by Gasteiger charge is 2.02. The summed E-state index contributed by atoms with van der Waals surface area (Å²) in [5.74, 6) is 3.13. The van der Waals surface area contributed by atoms with Gasteiger partial charge in [0, 0.05) is 13.1 Å². The van der Waals surface area contributed by atoms with Gasteiger partial charge < -0.3 is 16.0 Å². The van der Waals surface area contributed by atoms with Gasteiger partial charge in [0.25, 0.3) is 0 Å². The van der Waals surface area contributed by atoms with Gasteiger partial charge in [0.1, 0.15) is 23.3 Å². The van der Waals surface area contributed by atoms with Gasteiger partial charge in [-0.15, -0.1) is 0 Å². The van der Waals surface area contributed by atoms with Crippen LogP contribution < -0.4 is 16.0 Å². The smallest absolute Gasteiger partial charge is 0.133 e. The zero-order valence-corrected chi connectivity index (χ0v) is 16.0. The largest absolute Gasteiger partial charge is 0.366 e. The fraction of sp³-hybridized carbons (Fsp3) is 0.0833. The quantitative estimate of drug-likeness (QED) is 0.379. The Morgan fingerprint density at radius 1 is 0.448 bits per heavy atom. The van der Waals surface area contributed by atoms with E-state index in [2.05, 4.69) is 50.2 Å². The maximum absolute atomic E-state index is 4.62. The van der Waals surface area contributed by atoms with Crippen LogP contribution in [0.4, 0.5) is 23.3 Å². The molecule has 0 amide bonds. The summed E-state index contributed by atoms with van der Waals surface area (Å²) in [4.78, 5) is 9.25. The Bertz CT molecular complexity index is 950. The molecule has 0 aliphatic heterocycles. The van der Waals surface area contributed by atoms with Gasteiger partial charge in [0.05, 0.1) is 0 Å². The van der Waals surface area contributed by atoms with Crippen molar-refractivity contribution in [1.29, 1.82) is 0 Å². The topological polar surface area (TPSA) is 61.9 Å². The summed E-state index contributed by atoms with van der Waals surface area (Å²) in [7, 11) is 0. The molecule has 4 rings (SSSR count). The molecule has 5 nitrogen and oxygen atoms in total. The van der Waals surface area contributed by atoms with Crippen molar-refractivity contribution >= 4 is 23.3 Å². The van der Waals surface area contributed by atoms with Crippen molar-refractivity contribution in [2.45, 2.75) is 13.1 Å². The van der Waals surface area contributed by atoms with Crippen molar-refractivity contribution in [2.24, 2.45) is 0 Å². The van der Waals surface area contributed by atoms with Crippen molar-refractivity contribution in [3.63, 3.8) is 0 Å². The maximum atomic E-state index is 4.62. The second kappa shape index (κ2) is 9.37. The van der Waals surface area contributed by atoms with Crippen molar-refractivity contribution in [1.82, 2.24) is 9.97 Å². The van der Waals surface area contributed by atoms with Crippen molar-refractivity contribution in [3.8, 4) is 0 Å². The number of nitrogens with zero attached hydrogens (tertiary/aromatic N) is 2. The first-order valence-electron chi connectivity index (χ1n) is 9.62. The molecule has 0 spiro atoms. The predicted octanol–water partition coefficient (Wildman–Crippen LogP) is 5.44. The molecule has 0 unspecified atom stereocenters. The van der Waals surface area contributed by atoms with Gasteiger partial charge in [0.15, 0.2) is 0 Å². The van der Waals surface area contributed by atoms with Crippen LogP contribution in [0.5, 0.6) is 0 Å². The molecule has 0 saturated heterocycles. The third-order valence-electron chi connectivity index (χ3n) is 4.39. The number of rotatable bonds is 8. The summed E-state index contributed by atoms with van der Waals surface area (Å²) >= 11 is 0. The van der Waals surface area contributed by atoms with E-state index in [4.69, 9.17) is 0 Å². The standard InChI is InChI=1S/C24H23N5/c1-3-9-19(10-4-1)17-25-21-13-7-15-23(27-21)29-24-16-8-14-22(28-24)26-18-20-11-5-2-6-12-20/h1-16H,17-18H2,(H3,25,26,27,28,29). The molecule has 0 bridgehead atoms. The Labute approximate surface area is 170 Å². The zero-order chi connectivity index (χ0) is 19.7. The molecule has 0 fully saturated rings. The second-order valence-corrected chi connectivity index (χ2v) is 6.62. The van der Waals surface area contributed by atoms with Crippen LogP contribution in [0, 0.1) is 0 Å². The molecule has 144 valence electrons. The molecular formula is C24H23N5. The summed E-state index contributed by atoms with van der Waals surface area (Å²) in [6.07, 6.45) is 0. The lowest BCUT2D eigenvalue weighted by Gasteiger charge is -2.11. The highest BCUT2D eigenvalue weighted by Crippen LogP contribution is 2.17. The van der Waals surface area contributed by atoms with Crippen LogP contribution in [0.3, 0.4) is 0 Å². The molecule has 5 heteroatoms. The van der Waals surface area contributed by atoms with Gasteiger partial charge in [-0.3, -0.25) is 0 Å². The molecule has 2 heterocycles. The van der Waals surface area contributed by atoms with Gasteiger partial charge in [-0.1, -0.05) is 72.8 Å². The van der Waals surface area contributed by atoms with Crippen LogP contribution in [0.2, 0.25) is 0 Å². The lowest BCUT2D eigenvalue weighted by atomic mass is 10.2. The Balaban J connectivity index is 1.37. The molecule has 0 saturated carbocycles. The van der Waals surface area contributed by atoms with Crippen LogP contribution >= 0.6 is 0 Å². The maximum Gasteiger partial charge on any atom is 0.133 e. The van der Waals surface area contributed by atoms with Crippen molar-refractivity contribution in [2.75, 3.05) is 16.0 Å². The van der Waals surface area contributed by atoms with Crippen LogP contribution in [-0.2, 0) is 13.1 Å². The van der Waals surface area contributed by atoms with E-state index in [1.54, 1.807) is 0 Å². The van der Waals surface area contributed by atoms with Gasteiger partial charge in [-0.2, -0.15) is 0 Å². The minimum atomic E-state index is 0.731. The van der Waals surface area contributed by atoms with E-state index in [0.717, 1.165) is 36.4 Å². The number of hydrogen-bond donors (Lipinski definition) is 3. The molecule has 0 radical (unpaired) electrons. The Morgan fingerprint density at radius 3 is 1.31 bits per heavy atom. The van der Waals surface area contributed by atoms with Crippen LogP contribution in [0.25, 0.3) is 0 Å². The first kappa shape index (κ1) is 18.5. The molecule has 3 N–H and O–H groups in total. The van der Waals surface area contributed by atoms with E-state index in [1.165, 1.54) is 11.1 Å². The summed E-state index contributed by atoms with van der Waals surface area (Å²) < 4.78 is 0. The number of pyridine rings is 2. The number of anilines is 4. The molecule has 0 aliphatic carbocycles. The van der Waals surface area contributed by atoms with Crippen LogP contribution in [0.15, 0.2) is 97.1 Å². The average molecular weight is 381 g/mol. The van der Waals surface area contributed by atoms with E-state index < -0.39 is 0 Å². The zero-order valence-electron chi connectivity index (χ0n) is 16.0. The Hall–Kier alpha value is -3.86. The predicted molar refractivity (Wildman–Crippen MR) is 119 cm³/mol. The SMILES string of the molecule is c1ccc(CNc2cccc(Nc3cccc(NCc4ccccc4)n3)n2)cc1. The monoisotopic (exact) mass is 381 g/mol. The number of nitrogens with one attached hydrogen (secondary N) is 3. The third kappa shape index (κ3) is 5.56. The van der Waals surface area contributed by atoms with Crippen LogP contribution in [-0.4, -0.2) is 9.97 Å². The van der Waals surface area contributed by atoms with Gasteiger partial charge in [-0.05, 0) is 35.4 Å². The fourth-order valence-corrected chi connectivity index (χ4v) is 2.91. The molecule has 0 atom stereocenters. The van der Waals surface area contributed by atoms with E-state index >= 15 is 0 Å². The van der Waals surface area contributed by atoms with Gasteiger partial charge >= 0.3 is 0 Å². The molecule has 2 aromatic heterocycles. The third-order valence-corrected chi connectivity index (χ3v) is 4.39. The fourth-order valence-electron chi connectivity index (χ4n) is 2.91. The number of benzene rings is 2. The lowest BCUT2D eigenvalue weighted by Crippen LogP contribution is -2.04. The molecule has 4 aromatic rings. The van der Waals surface area contributed by atoms with E-state index in [-0.39, 0.29) is 0 Å². The summed E-state index contributed by atoms with van der Waals surface area (Å²) in [5, 5.41) is 9.99. The lowest BCUT2D eigenvalue weighted by molar-refractivity contribution is 1.10. The minimum Gasteiger partial charge on any atom is -0.366 e. The van der Waals surface area contributed by atoms with Gasteiger partial charge in [0.2, 0.25) is 0 Å². The minimum absolute atomic E-state index is 0.731. The van der Waals surface area contributed by atoms with E-state index in [0.29, 0.717) is 0 Å². The average Bonchev–Trinajstić information content (AvgIpc) is 2.78. The highest BCUT2D eigenvalue weighted by molar-refractivity contribution is 5.56. The van der Waals surface area contributed by atoms with Crippen LogP contribution in [0.1, 0.15) is 11.1 Å². The van der Waals surface area contributed by atoms with Crippen molar-refractivity contribution in [3.05, 3.63) is 108 Å². The number of hydrogen-bond acceptors (Lipinski definition) is 5. The van der Waals surface area contributed by atoms with Gasteiger partial charge in [-0.25, -0.2) is 9.97 Å². The molecule has 0 aliphatic rings. The summed E-state index contributed by atoms with van der Waals surface area (Å²) in [6, 6.07) is 32.3. The summed E-state index contributed by atoms with van der Waals surface area (Å²) in [6.45, 7) is 1.46. The summed E-state index contributed by atoms with van der Waals surface area (Å²) in [5.41, 5.74) is 2.43. The number of aromatic nitrogens is 2. The molecule has 2 aromatic carbocycles. The Kier molecular flexibility index (Phi) is 5.98. The van der Waals surface area contributed by atoms with E-state index in [1.807, 2.05) is 72.8 Å². The molecule has 29 heavy (non-hydrogen) atoms.